The highest BCUT2D eigenvalue weighted by atomic mass is 32.2. The number of fused-ring (bicyclic) bond motifs is 5. The van der Waals surface area contributed by atoms with Gasteiger partial charge in [-0.05, 0) is 134 Å². The van der Waals surface area contributed by atoms with Crippen molar-refractivity contribution in [2.45, 2.75) is 96.5 Å². The Kier molecular flexibility index (Phi) is 9.32. The first-order valence-corrected chi connectivity index (χ1v) is 18.2. The maximum Gasteiger partial charge on any atom is 0.335 e. The zero-order valence-corrected chi connectivity index (χ0v) is 27.6. The summed E-state index contributed by atoms with van der Waals surface area (Å²) in [6.07, 6.45) is 11.8. The minimum absolute atomic E-state index is 0.0281. The first-order valence-electron chi connectivity index (χ1n) is 16.7. The van der Waals surface area contributed by atoms with E-state index in [9.17, 15) is 23.1 Å². The number of amides is 2. The van der Waals surface area contributed by atoms with E-state index in [1.807, 2.05) is 4.72 Å². The van der Waals surface area contributed by atoms with E-state index < -0.39 is 22.0 Å². The molecule has 0 radical (unpaired) electrons. The molecule has 4 saturated carbocycles. The Hall–Kier alpha value is -2.39. The molecule has 0 bridgehead atoms. The number of nitrogens with one attached hydrogen (secondary N) is 2. The lowest BCUT2D eigenvalue weighted by atomic mass is 9.39. The van der Waals surface area contributed by atoms with Crippen LogP contribution in [0.15, 0.2) is 41.8 Å². The summed E-state index contributed by atoms with van der Waals surface area (Å²) in [5.41, 5.74) is 0.482. The fourth-order valence-electron chi connectivity index (χ4n) is 11.0. The number of sulfonamides is 1. The quantitative estimate of drug-likeness (QED) is 0.232. The summed E-state index contributed by atoms with van der Waals surface area (Å²) < 4.78 is 27.3. The second kappa shape index (κ2) is 12.4. The molecule has 8 nitrogen and oxygen atoms in total. The Bertz CT molecular complexity index is 1350. The Morgan fingerprint density at radius 3 is 2.34 bits per heavy atom. The monoisotopic (exact) mass is 628 g/mol. The SMILES string of the molecule is C=C[C@@H]1[C@H](CC)[C@@H]2C[C@H](O)CC[C@]2(C)[C@H]2CC[C@]3(C)[C@@H]([C@H](C)CCNC(=O)NS(=O)(=O)c4ccc(C(=O)O)cc4)CC[C@H]3[C@H]12. The van der Waals surface area contributed by atoms with Crippen LogP contribution in [0, 0.1) is 58.2 Å². The van der Waals surface area contributed by atoms with Crippen molar-refractivity contribution in [1.82, 2.24) is 10.0 Å². The number of hydrogen-bond acceptors (Lipinski definition) is 5. The summed E-state index contributed by atoms with van der Waals surface area (Å²) >= 11 is 0. The highest BCUT2D eigenvalue weighted by Gasteiger charge is 2.64. The van der Waals surface area contributed by atoms with Gasteiger partial charge in [-0.3, -0.25) is 0 Å². The third-order valence-electron chi connectivity index (χ3n) is 13.1. The molecular formula is C35H52N2O6S. The number of hydrogen-bond donors (Lipinski definition) is 4. The van der Waals surface area contributed by atoms with Crippen molar-refractivity contribution in [2.75, 3.05) is 6.54 Å². The molecule has 1 aromatic carbocycles. The molecule has 0 aliphatic heterocycles. The molecule has 4 fully saturated rings. The van der Waals surface area contributed by atoms with Gasteiger partial charge in [-0.25, -0.2) is 22.7 Å². The van der Waals surface area contributed by atoms with Crippen LogP contribution in [0.1, 0.15) is 95.8 Å². The van der Waals surface area contributed by atoms with Gasteiger partial charge >= 0.3 is 12.0 Å². The van der Waals surface area contributed by atoms with Crippen LogP contribution >= 0.6 is 0 Å². The molecule has 1 aromatic rings. The number of carbonyl (C=O) groups is 2. The summed E-state index contributed by atoms with van der Waals surface area (Å²) in [6.45, 7) is 14.4. The lowest BCUT2D eigenvalue weighted by Crippen LogP contribution is -2.60. The van der Waals surface area contributed by atoms with Gasteiger partial charge in [-0.15, -0.1) is 6.58 Å². The maximum absolute atomic E-state index is 12.6. The Labute approximate surface area is 263 Å². The van der Waals surface area contributed by atoms with E-state index >= 15 is 0 Å². The number of allylic oxidation sites excluding steroid dienone is 1. The zero-order chi connectivity index (χ0) is 32.0. The number of carboxylic acids is 1. The van der Waals surface area contributed by atoms with Crippen molar-refractivity contribution in [2.24, 2.45) is 58.2 Å². The molecule has 44 heavy (non-hydrogen) atoms. The van der Waals surface area contributed by atoms with Gasteiger partial charge in [-0.2, -0.15) is 0 Å². The van der Waals surface area contributed by atoms with E-state index in [0.29, 0.717) is 53.9 Å². The predicted octanol–water partition coefficient (Wildman–Crippen LogP) is 6.47. The number of aliphatic hydroxyl groups is 1. The zero-order valence-electron chi connectivity index (χ0n) is 26.8. The highest BCUT2D eigenvalue weighted by molar-refractivity contribution is 7.90. The van der Waals surface area contributed by atoms with Crippen LogP contribution < -0.4 is 10.0 Å². The molecule has 5 rings (SSSR count). The standard InChI is InChI=1S/C35H52N2O6S/c1-6-25-26(7-2)31-28-13-12-27(34(28,4)18-15-29(31)35(5)17-14-23(38)20-30(25)35)21(3)16-19-36-33(41)37-44(42,43)24-10-8-22(9-11-24)32(39)40/h7-11,21,23,25-31,38H,2,6,12-20H2,1,3-5H3,(H,39,40)(H2,36,37,41)/t21-,23-,25+,26-,27-,28+,29+,30+,31+,34-,35-/m1/s1. The van der Waals surface area contributed by atoms with E-state index in [1.165, 1.54) is 49.9 Å². The summed E-state index contributed by atoms with van der Waals surface area (Å²) in [7, 11) is -4.11. The number of aliphatic hydroxyl groups excluding tert-OH is 1. The number of urea groups is 1. The summed E-state index contributed by atoms with van der Waals surface area (Å²) in [4.78, 5) is 23.4. The predicted molar refractivity (Wildman–Crippen MR) is 170 cm³/mol. The molecule has 9 heteroatoms. The largest absolute Gasteiger partial charge is 0.478 e. The van der Waals surface area contributed by atoms with Crippen LogP contribution in [0.4, 0.5) is 4.79 Å². The van der Waals surface area contributed by atoms with Crippen molar-refractivity contribution in [3.63, 3.8) is 0 Å². The molecule has 0 spiro atoms. The van der Waals surface area contributed by atoms with Crippen LogP contribution in [0.25, 0.3) is 0 Å². The van der Waals surface area contributed by atoms with Crippen molar-refractivity contribution in [3.8, 4) is 0 Å². The normalized spacial score (nSPS) is 38.8. The van der Waals surface area contributed by atoms with E-state index in [4.69, 9.17) is 5.11 Å². The van der Waals surface area contributed by atoms with E-state index in [0.717, 1.165) is 32.1 Å². The first-order chi connectivity index (χ1) is 20.8. The Morgan fingerprint density at radius 2 is 1.70 bits per heavy atom. The number of aromatic carboxylic acids is 1. The molecule has 4 N–H and O–H groups in total. The number of rotatable bonds is 9. The fourth-order valence-corrected chi connectivity index (χ4v) is 11.9. The molecular weight excluding hydrogens is 576 g/mol. The van der Waals surface area contributed by atoms with Gasteiger partial charge in [-0.1, -0.05) is 40.2 Å². The van der Waals surface area contributed by atoms with Gasteiger partial charge in [0.1, 0.15) is 0 Å². The molecule has 0 aromatic heterocycles. The smallest absolute Gasteiger partial charge is 0.335 e. The van der Waals surface area contributed by atoms with Crippen LogP contribution in [0.2, 0.25) is 0 Å². The number of carbonyl (C=O) groups excluding carboxylic acids is 1. The minimum atomic E-state index is -4.11. The number of benzene rings is 1. The average molecular weight is 629 g/mol. The van der Waals surface area contributed by atoms with Gasteiger partial charge in [0.25, 0.3) is 10.0 Å². The lowest BCUT2D eigenvalue weighted by molar-refractivity contribution is -0.171. The van der Waals surface area contributed by atoms with Crippen molar-refractivity contribution < 1.29 is 28.2 Å². The maximum atomic E-state index is 12.6. The highest BCUT2D eigenvalue weighted by Crippen LogP contribution is 2.71. The topological polar surface area (TPSA) is 133 Å². The first kappa shape index (κ1) is 33.0. The van der Waals surface area contributed by atoms with Gasteiger partial charge in [0.05, 0.1) is 16.6 Å². The molecule has 4 aliphatic carbocycles. The molecule has 0 unspecified atom stereocenters. The summed E-state index contributed by atoms with van der Waals surface area (Å²) in [5, 5.41) is 22.4. The van der Waals surface area contributed by atoms with Crippen molar-refractivity contribution in [3.05, 3.63) is 42.5 Å². The third kappa shape index (κ3) is 5.72. The summed E-state index contributed by atoms with van der Waals surface area (Å²) in [5.74, 6) is 3.33. The second-order valence-electron chi connectivity index (χ2n) is 14.9. The van der Waals surface area contributed by atoms with Crippen LogP contribution in [0.5, 0.6) is 0 Å². The van der Waals surface area contributed by atoms with Crippen LogP contribution in [0.3, 0.4) is 0 Å². The van der Waals surface area contributed by atoms with Crippen molar-refractivity contribution >= 4 is 22.0 Å². The molecule has 11 atom stereocenters. The fraction of sp³-hybridized carbons (Fsp3) is 0.714. The van der Waals surface area contributed by atoms with Gasteiger partial charge < -0.3 is 15.5 Å². The van der Waals surface area contributed by atoms with E-state index in [-0.39, 0.29) is 27.4 Å². The van der Waals surface area contributed by atoms with E-state index in [1.54, 1.807) is 0 Å². The Balaban J connectivity index is 1.22. The van der Waals surface area contributed by atoms with Gasteiger partial charge in [0.2, 0.25) is 0 Å². The average Bonchev–Trinajstić information content (AvgIpc) is 3.34. The summed E-state index contributed by atoms with van der Waals surface area (Å²) in [6, 6.07) is 3.97. The number of carboxylic acid groups (broad SMARTS) is 1. The lowest BCUT2D eigenvalue weighted by Gasteiger charge is -2.65. The van der Waals surface area contributed by atoms with E-state index in [2.05, 4.69) is 45.7 Å². The minimum Gasteiger partial charge on any atom is -0.478 e. The molecule has 0 saturated heterocycles. The van der Waals surface area contributed by atoms with Gasteiger partial charge in [0.15, 0.2) is 0 Å². The molecule has 2 amide bonds. The van der Waals surface area contributed by atoms with Gasteiger partial charge in [0, 0.05) is 6.54 Å². The molecule has 244 valence electrons. The Morgan fingerprint density at radius 1 is 1.05 bits per heavy atom. The van der Waals surface area contributed by atoms with Crippen LogP contribution in [-0.2, 0) is 10.0 Å². The van der Waals surface area contributed by atoms with Crippen molar-refractivity contribution in [1.29, 1.82) is 0 Å². The second-order valence-corrected chi connectivity index (χ2v) is 16.6. The molecule has 0 heterocycles. The molecule has 4 aliphatic rings. The van der Waals surface area contributed by atoms with Crippen LogP contribution in [-0.4, -0.2) is 43.3 Å². The third-order valence-corrected chi connectivity index (χ3v) is 14.4.